The zero-order valence-corrected chi connectivity index (χ0v) is 43.1. The van der Waals surface area contributed by atoms with Gasteiger partial charge in [0.05, 0.1) is 12.7 Å². The Labute approximate surface area is 416 Å². The topological polar surface area (TPSA) is 276 Å². The number of allylic oxidation sites excluding steroid dienone is 14. The predicted octanol–water partition coefficient (Wildman–Crippen LogP) is 8.92. The second kappa shape index (κ2) is 40.4. The maximum atomic E-state index is 13.0. The van der Waals surface area contributed by atoms with Crippen LogP contribution >= 0.6 is 15.6 Å². The molecule has 1 aliphatic carbocycles. The van der Waals surface area contributed by atoms with Crippen LogP contribution in [0.15, 0.2) is 97.2 Å². The quantitative estimate of drug-likeness (QED) is 0.00935. The second-order valence-electron chi connectivity index (χ2n) is 17.0. The highest BCUT2D eigenvalue weighted by Crippen LogP contribution is 2.49. The Balaban J connectivity index is 2.65. The number of carbonyl (C=O) groups is 2. The molecule has 0 aromatic carbocycles. The lowest BCUT2D eigenvalue weighted by Crippen LogP contribution is -2.64. The first kappa shape index (κ1) is 64.9. The first-order chi connectivity index (χ1) is 33.5. The van der Waals surface area contributed by atoms with Gasteiger partial charge in [-0.2, -0.15) is 0 Å². The molecule has 0 aliphatic heterocycles. The lowest BCUT2D eigenvalue weighted by molar-refractivity contribution is -0.216. The van der Waals surface area contributed by atoms with Crippen molar-refractivity contribution in [2.24, 2.45) is 0 Å². The van der Waals surface area contributed by atoms with Crippen LogP contribution in [0.2, 0.25) is 0 Å². The van der Waals surface area contributed by atoms with Gasteiger partial charge < -0.3 is 49.7 Å². The Kier molecular flexibility index (Phi) is 37.4. The van der Waals surface area contributed by atoms with Crippen molar-refractivity contribution in [2.45, 2.75) is 198 Å². The summed E-state index contributed by atoms with van der Waals surface area (Å²) in [5.74, 6) is -1.34. The van der Waals surface area contributed by atoms with E-state index in [0.717, 1.165) is 77.0 Å². The predicted molar refractivity (Wildman–Crippen MR) is 270 cm³/mol. The maximum Gasteiger partial charge on any atom is 0.472 e. The first-order valence-electron chi connectivity index (χ1n) is 24.9. The van der Waals surface area contributed by atoms with Gasteiger partial charge >= 0.3 is 27.6 Å². The summed E-state index contributed by atoms with van der Waals surface area (Å²) in [4.78, 5) is 54.3. The number of phosphoric ester groups is 2. The molecule has 1 fully saturated rings. The SMILES string of the molecule is CC/C=C\CC(O)/C=C/C=C/C/C=C\C/C=C\C/C=C\CCC(=O)O[C@H](COC(=O)CCCCCCCCC/C=C\C/C=C\CCCCC)COP(=O)(O)O[C@H]1C(O)C(O)C(O)[C@@H](OP(=O)(O)O)C1O. The molecule has 9 atom stereocenters. The largest absolute Gasteiger partial charge is 0.472 e. The van der Waals surface area contributed by atoms with Gasteiger partial charge in [-0.05, 0) is 77.0 Å². The minimum absolute atomic E-state index is 0.0827. The standard InChI is InChI=1S/C51H84O17P2/c1-3-5-7-8-9-10-11-12-13-14-15-18-21-24-27-30-34-38-44(53)64-40-43(41-65-70(62,63)68-51-48(57)46(55)47(56)50(49(51)58)67-69(59,60)61)66-45(54)39-35-31-28-25-22-19-16-17-20-23-26-29-33-37-42(52)36-32-6-4-2/h6,9-10,12-13,17,19-20,22,26,28-29,31-33,37,42-43,46-52,55-58H,3-5,7-8,11,14-16,18,21,23-25,27,30,34-36,38-41H2,1-2H3,(H,62,63)(H2,59,60,61)/b10-9-,13-12-,20-17-,22-19-,29-26+,31-28-,32-6-,37-33+/t42?,43-,46?,47?,48?,49?,50-,51+/m1/s1. The highest BCUT2D eigenvalue weighted by molar-refractivity contribution is 7.47. The number of hydrogen-bond donors (Lipinski definition) is 8. The van der Waals surface area contributed by atoms with Gasteiger partial charge in [-0.25, -0.2) is 9.13 Å². The Morgan fingerprint density at radius 1 is 0.543 bits per heavy atom. The lowest BCUT2D eigenvalue weighted by Gasteiger charge is -2.43. The monoisotopic (exact) mass is 1030 g/mol. The molecule has 0 bridgehead atoms. The molecule has 0 radical (unpaired) electrons. The molecule has 400 valence electrons. The fourth-order valence-electron chi connectivity index (χ4n) is 6.87. The van der Waals surface area contributed by atoms with Gasteiger partial charge in [0.15, 0.2) is 6.10 Å². The Morgan fingerprint density at radius 3 is 1.66 bits per heavy atom. The molecule has 0 amide bonds. The third-order valence-corrected chi connectivity index (χ3v) is 12.2. The number of hydrogen-bond acceptors (Lipinski definition) is 14. The van der Waals surface area contributed by atoms with Crippen LogP contribution in [0.4, 0.5) is 0 Å². The summed E-state index contributed by atoms with van der Waals surface area (Å²) in [5.41, 5.74) is 0. The van der Waals surface area contributed by atoms with Crippen molar-refractivity contribution in [3.05, 3.63) is 97.2 Å². The molecule has 0 saturated heterocycles. The van der Waals surface area contributed by atoms with Gasteiger partial charge in [-0.1, -0.05) is 156 Å². The summed E-state index contributed by atoms with van der Waals surface area (Å²) in [5, 5.41) is 51.1. The van der Waals surface area contributed by atoms with E-state index in [9.17, 15) is 58.9 Å². The van der Waals surface area contributed by atoms with Crippen LogP contribution in [0.5, 0.6) is 0 Å². The van der Waals surface area contributed by atoms with E-state index >= 15 is 0 Å². The smallest absolute Gasteiger partial charge is 0.462 e. The molecule has 17 nitrogen and oxygen atoms in total. The van der Waals surface area contributed by atoms with Gasteiger partial charge in [-0.15, -0.1) is 0 Å². The normalized spacial score (nSPS) is 22.3. The zero-order valence-electron chi connectivity index (χ0n) is 41.3. The molecule has 8 N–H and O–H groups in total. The van der Waals surface area contributed by atoms with Crippen LogP contribution in [0.25, 0.3) is 0 Å². The van der Waals surface area contributed by atoms with Crippen LogP contribution in [-0.2, 0) is 41.8 Å². The molecular weight excluding hydrogens is 946 g/mol. The summed E-state index contributed by atoms with van der Waals surface area (Å²) >= 11 is 0. The van der Waals surface area contributed by atoms with Crippen LogP contribution < -0.4 is 0 Å². The molecule has 0 aromatic rings. The van der Waals surface area contributed by atoms with E-state index in [-0.39, 0.29) is 19.3 Å². The molecule has 70 heavy (non-hydrogen) atoms. The molecule has 0 spiro atoms. The van der Waals surface area contributed by atoms with Crippen molar-refractivity contribution in [3.8, 4) is 0 Å². The van der Waals surface area contributed by atoms with Gasteiger partial charge in [0.25, 0.3) is 0 Å². The summed E-state index contributed by atoms with van der Waals surface area (Å²) < 4.78 is 49.3. The minimum Gasteiger partial charge on any atom is -0.462 e. The Bertz CT molecular complexity index is 1730. The van der Waals surface area contributed by atoms with E-state index in [2.05, 4.69) is 35.8 Å². The number of phosphoric acid groups is 2. The maximum absolute atomic E-state index is 13.0. The van der Waals surface area contributed by atoms with E-state index in [1.54, 1.807) is 12.2 Å². The summed E-state index contributed by atoms with van der Waals surface area (Å²) in [7, 11) is -10.7. The number of carbonyl (C=O) groups excluding carboxylic acids is 2. The van der Waals surface area contributed by atoms with Gasteiger partial charge in [0.2, 0.25) is 0 Å². The molecule has 19 heteroatoms. The molecule has 1 saturated carbocycles. The van der Waals surface area contributed by atoms with Crippen LogP contribution in [0, 0.1) is 0 Å². The summed E-state index contributed by atoms with van der Waals surface area (Å²) in [6.45, 7) is 2.81. The average molecular weight is 1030 g/mol. The van der Waals surface area contributed by atoms with Gasteiger partial charge in [0.1, 0.15) is 43.2 Å². The van der Waals surface area contributed by atoms with E-state index in [0.29, 0.717) is 19.3 Å². The number of ether oxygens (including phenoxy) is 2. The summed E-state index contributed by atoms with van der Waals surface area (Å²) in [6.07, 6.45) is 34.1. The van der Waals surface area contributed by atoms with Crippen molar-refractivity contribution < 1.29 is 82.0 Å². The number of esters is 2. The fraction of sp³-hybridized carbons (Fsp3) is 0.647. The highest BCUT2D eigenvalue weighted by Gasteiger charge is 2.54. The first-order valence-corrected chi connectivity index (χ1v) is 27.9. The van der Waals surface area contributed by atoms with E-state index < -0.39 is 89.6 Å². The zero-order chi connectivity index (χ0) is 51.9. The highest BCUT2D eigenvalue weighted by atomic mass is 31.2. The van der Waals surface area contributed by atoms with Crippen molar-refractivity contribution in [1.29, 1.82) is 0 Å². The van der Waals surface area contributed by atoms with Gasteiger partial charge in [0, 0.05) is 12.8 Å². The summed E-state index contributed by atoms with van der Waals surface area (Å²) in [6, 6.07) is 0. The molecule has 0 aromatic heterocycles. The van der Waals surface area contributed by atoms with E-state index in [1.165, 1.54) is 19.3 Å². The van der Waals surface area contributed by atoms with E-state index in [1.807, 2.05) is 67.7 Å². The third-order valence-electron chi connectivity index (χ3n) is 10.7. The molecule has 6 unspecified atom stereocenters. The van der Waals surface area contributed by atoms with E-state index in [4.69, 9.17) is 18.5 Å². The van der Waals surface area contributed by atoms with Crippen molar-refractivity contribution in [3.63, 3.8) is 0 Å². The number of rotatable bonds is 40. The number of aliphatic hydroxyl groups excluding tert-OH is 5. The second-order valence-corrected chi connectivity index (χ2v) is 19.6. The third kappa shape index (κ3) is 34.3. The van der Waals surface area contributed by atoms with Crippen LogP contribution in [0.1, 0.15) is 149 Å². The lowest BCUT2D eigenvalue weighted by atomic mass is 9.85. The average Bonchev–Trinajstić information content (AvgIpc) is 3.31. The number of aliphatic hydroxyl groups is 5. The fourth-order valence-corrected chi connectivity index (χ4v) is 8.41. The van der Waals surface area contributed by atoms with Crippen molar-refractivity contribution >= 4 is 27.6 Å². The molecule has 0 heterocycles. The molecule has 1 rings (SSSR count). The van der Waals surface area contributed by atoms with Gasteiger partial charge in [-0.3, -0.25) is 23.2 Å². The van der Waals surface area contributed by atoms with Crippen LogP contribution in [0.3, 0.4) is 0 Å². The van der Waals surface area contributed by atoms with Crippen molar-refractivity contribution in [1.82, 2.24) is 0 Å². The minimum atomic E-state index is -5.38. The Morgan fingerprint density at radius 2 is 1.07 bits per heavy atom. The van der Waals surface area contributed by atoms with Crippen molar-refractivity contribution in [2.75, 3.05) is 13.2 Å². The Hall–Kier alpha value is -3.12. The van der Waals surface area contributed by atoms with Crippen LogP contribution in [-0.4, -0.2) is 114 Å². The molecule has 1 aliphatic rings. The molecular formula is C51H84O17P2. The number of unbranched alkanes of at least 4 members (excludes halogenated alkanes) is 10.